The van der Waals surface area contributed by atoms with Crippen LogP contribution in [0.2, 0.25) is 0 Å². The molecule has 1 aliphatic heterocycles. The molecule has 1 unspecified atom stereocenters. The van der Waals surface area contributed by atoms with Gasteiger partial charge in [-0.1, -0.05) is 0 Å². The van der Waals surface area contributed by atoms with Gasteiger partial charge in [-0.05, 0) is 51.9 Å². The van der Waals surface area contributed by atoms with Crippen LogP contribution >= 0.6 is 0 Å². The molecular formula is C15H28N2O3. The van der Waals surface area contributed by atoms with Crippen LogP contribution in [0.15, 0.2) is 0 Å². The zero-order valence-corrected chi connectivity index (χ0v) is 12.9. The highest BCUT2D eigenvalue weighted by Gasteiger charge is 2.42. The number of hydrogen-bond donors (Lipinski definition) is 2. The summed E-state index contributed by atoms with van der Waals surface area (Å²) in [6, 6.07) is 0.360. The van der Waals surface area contributed by atoms with Crippen molar-refractivity contribution in [1.82, 2.24) is 10.2 Å². The van der Waals surface area contributed by atoms with Gasteiger partial charge in [0.2, 0.25) is 0 Å². The van der Waals surface area contributed by atoms with E-state index in [2.05, 4.69) is 5.32 Å². The third-order valence-electron chi connectivity index (χ3n) is 4.20. The van der Waals surface area contributed by atoms with Crippen molar-refractivity contribution < 1.29 is 14.6 Å². The standard InChI is InChI=1S/C15H28N2O3/c1-14(2,3)20-13(19)17-8-4-12(10-17)16-11-15(5-6-15)7-9-18/h12,16,18H,4-11H2,1-3H3. The van der Waals surface area contributed by atoms with Crippen LogP contribution in [0.25, 0.3) is 0 Å². The molecule has 1 atom stereocenters. The first-order valence-corrected chi connectivity index (χ1v) is 7.66. The zero-order valence-electron chi connectivity index (χ0n) is 12.9. The second kappa shape index (κ2) is 5.90. The molecule has 2 aliphatic rings. The first-order chi connectivity index (χ1) is 9.34. The van der Waals surface area contributed by atoms with Crippen LogP contribution in [-0.2, 0) is 4.74 Å². The van der Waals surface area contributed by atoms with E-state index in [1.165, 1.54) is 12.8 Å². The van der Waals surface area contributed by atoms with Crippen LogP contribution in [0, 0.1) is 5.41 Å². The summed E-state index contributed by atoms with van der Waals surface area (Å²) in [5, 5.41) is 12.6. The molecule has 1 amide bonds. The van der Waals surface area contributed by atoms with E-state index in [4.69, 9.17) is 9.84 Å². The van der Waals surface area contributed by atoms with Crippen molar-refractivity contribution in [2.45, 2.75) is 58.1 Å². The third kappa shape index (κ3) is 4.35. The fourth-order valence-electron chi connectivity index (χ4n) is 2.71. The van der Waals surface area contributed by atoms with Crippen LogP contribution in [0.4, 0.5) is 4.79 Å². The summed E-state index contributed by atoms with van der Waals surface area (Å²) in [4.78, 5) is 13.8. The molecule has 2 rings (SSSR count). The second-order valence-corrected chi connectivity index (χ2v) is 7.27. The smallest absolute Gasteiger partial charge is 0.410 e. The highest BCUT2D eigenvalue weighted by Crippen LogP contribution is 2.48. The third-order valence-corrected chi connectivity index (χ3v) is 4.20. The molecule has 0 aromatic carbocycles. The van der Waals surface area contributed by atoms with Crippen LogP contribution in [0.3, 0.4) is 0 Å². The summed E-state index contributed by atoms with van der Waals surface area (Å²) in [6.45, 7) is 8.40. The maximum atomic E-state index is 12.0. The van der Waals surface area contributed by atoms with Crippen molar-refractivity contribution in [3.8, 4) is 0 Å². The molecule has 2 N–H and O–H groups in total. The zero-order chi connectivity index (χ0) is 14.8. The number of amides is 1. The van der Waals surface area contributed by atoms with E-state index < -0.39 is 5.60 Å². The molecule has 5 nitrogen and oxygen atoms in total. The van der Waals surface area contributed by atoms with E-state index in [0.29, 0.717) is 11.5 Å². The van der Waals surface area contributed by atoms with Gasteiger partial charge in [0.25, 0.3) is 0 Å². The Morgan fingerprint density at radius 3 is 2.70 bits per heavy atom. The minimum absolute atomic E-state index is 0.210. The monoisotopic (exact) mass is 284 g/mol. The van der Waals surface area contributed by atoms with Gasteiger partial charge in [0.15, 0.2) is 0 Å². The van der Waals surface area contributed by atoms with E-state index in [9.17, 15) is 4.79 Å². The summed E-state index contributed by atoms with van der Waals surface area (Å²) >= 11 is 0. The normalized spacial score (nSPS) is 24.8. The topological polar surface area (TPSA) is 61.8 Å². The number of nitrogens with zero attached hydrogens (tertiary/aromatic N) is 1. The highest BCUT2D eigenvalue weighted by molar-refractivity contribution is 5.68. The number of carbonyl (C=O) groups excluding carboxylic acids is 1. The molecule has 5 heteroatoms. The quantitative estimate of drug-likeness (QED) is 0.807. The molecule has 1 saturated carbocycles. The molecule has 0 aromatic rings. The Morgan fingerprint density at radius 2 is 2.15 bits per heavy atom. The van der Waals surface area contributed by atoms with Crippen molar-refractivity contribution in [1.29, 1.82) is 0 Å². The maximum absolute atomic E-state index is 12.0. The summed E-state index contributed by atoms with van der Waals surface area (Å²) in [5.41, 5.74) is -0.101. The predicted molar refractivity (Wildman–Crippen MR) is 77.6 cm³/mol. The average Bonchev–Trinajstić information content (AvgIpc) is 2.93. The number of nitrogens with one attached hydrogen (secondary N) is 1. The number of ether oxygens (including phenoxy) is 1. The molecule has 0 radical (unpaired) electrons. The molecule has 2 fully saturated rings. The summed E-state index contributed by atoms with van der Waals surface area (Å²) < 4.78 is 5.39. The van der Waals surface area contributed by atoms with Gasteiger partial charge in [0.05, 0.1) is 0 Å². The van der Waals surface area contributed by atoms with E-state index >= 15 is 0 Å². The first kappa shape index (κ1) is 15.6. The van der Waals surface area contributed by atoms with Gasteiger partial charge in [-0.25, -0.2) is 4.79 Å². The summed E-state index contributed by atoms with van der Waals surface area (Å²) in [6.07, 6.45) is 4.08. The van der Waals surface area contributed by atoms with E-state index in [0.717, 1.165) is 32.5 Å². The number of likely N-dealkylation sites (tertiary alicyclic amines) is 1. The summed E-state index contributed by atoms with van der Waals surface area (Å²) in [5.74, 6) is 0. The second-order valence-electron chi connectivity index (χ2n) is 7.27. The Balaban J connectivity index is 1.71. The van der Waals surface area contributed by atoms with Gasteiger partial charge in [-0.15, -0.1) is 0 Å². The SMILES string of the molecule is CC(C)(C)OC(=O)N1CCC(NCC2(CCO)CC2)C1. The van der Waals surface area contributed by atoms with Crippen molar-refractivity contribution in [3.63, 3.8) is 0 Å². The lowest BCUT2D eigenvalue weighted by atomic mass is 10.0. The molecule has 1 heterocycles. The molecular weight excluding hydrogens is 256 g/mol. The number of aliphatic hydroxyl groups is 1. The van der Waals surface area contributed by atoms with Gasteiger partial charge < -0.3 is 20.1 Å². The number of rotatable bonds is 5. The van der Waals surface area contributed by atoms with E-state index in [-0.39, 0.29) is 12.7 Å². The van der Waals surface area contributed by atoms with Crippen LogP contribution in [0.1, 0.15) is 46.5 Å². The minimum atomic E-state index is -0.429. The van der Waals surface area contributed by atoms with E-state index in [1.807, 2.05) is 20.8 Å². The Labute approximate surface area is 121 Å². The maximum Gasteiger partial charge on any atom is 0.410 e. The van der Waals surface area contributed by atoms with Crippen molar-refractivity contribution in [3.05, 3.63) is 0 Å². The Hall–Kier alpha value is -0.810. The van der Waals surface area contributed by atoms with Gasteiger partial charge in [0.1, 0.15) is 5.60 Å². The van der Waals surface area contributed by atoms with Gasteiger partial charge in [0, 0.05) is 32.3 Å². The van der Waals surface area contributed by atoms with Gasteiger partial charge >= 0.3 is 6.09 Å². The van der Waals surface area contributed by atoms with Crippen molar-refractivity contribution >= 4 is 6.09 Å². The predicted octanol–water partition coefficient (Wildman–Crippen LogP) is 1.75. The van der Waals surface area contributed by atoms with Gasteiger partial charge in [-0.2, -0.15) is 0 Å². The van der Waals surface area contributed by atoms with Crippen LogP contribution in [0.5, 0.6) is 0 Å². The summed E-state index contributed by atoms with van der Waals surface area (Å²) in [7, 11) is 0. The number of aliphatic hydroxyl groups excluding tert-OH is 1. The Bertz CT molecular complexity index is 348. The molecule has 0 bridgehead atoms. The fourth-order valence-corrected chi connectivity index (χ4v) is 2.71. The van der Waals surface area contributed by atoms with Gasteiger partial charge in [-0.3, -0.25) is 0 Å². The first-order valence-electron chi connectivity index (χ1n) is 7.66. The lowest BCUT2D eigenvalue weighted by molar-refractivity contribution is 0.0291. The lowest BCUT2D eigenvalue weighted by Gasteiger charge is -2.24. The molecule has 1 saturated heterocycles. The Morgan fingerprint density at radius 1 is 1.45 bits per heavy atom. The highest BCUT2D eigenvalue weighted by atomic mass is 16.6. The molecule has 1 aliphatic carbocycles. The lowest BCUT2D eigenvalue weighted by Crippen LogP contribution is -2.39. The van der Waals surface area contributed by atoms with E-state index in [1.54, 1.807) is 4.90 Å². The number of hydrogen-bond acceptors (Lipinski definition) is 4. The number of carbonyl (C=O) groups is 1. The van der Waals surface area contributed by atoms with Crippen molar-refractivity contribution in [2.75, 3.05) is 26.2 Å². The average molecular weight is 284 g/mol. The molecule has 0 spiro atoms. The van der Waals surface area contributed by atoms with Crippen LogP contribution < -0.4 is 5.32 Å². The fraction of sp³-hybridized carbons (Fsp3) is 0.933. The molecule has 20 heavy (non-hydrogen) atoms. The Kier molecular flexibility index (Phi) is 4.59. The largest absolute Gasteiger partial charge is 0.444 e. The van der Waals surface area contributed by atoms with Crippen molar-refractivity contribution in [2.24, 2.45) is 5.41 Å². The van der Waals surface area contributed by atoms with Crippen LogP contribution in [-0.4, -0.2) is 54.0 Å². The molecule has 0 aromatic heterocycles. The minimum Gasteiger partial charge on any atom is -0.444 e. The molecule has 116 valence electrons.